The second-order valence-electron chi connectivity index (χ2n) is 4.99. The highest BCUT2D eigenvalue weighted by molar-refractivity contribution is 6.52. The zero-order valence-electron chi connectivity index (χ0n) is 10.6. The van der Waals surface area contributed by atoms with E-state index in [1.54, 1.807) is 0 Å². The van der Waals surface area contributed by atoms with Crippen LogP contribution in [0.25, 0.3) is 15.8 Å². The Morgan fingerprint density at radius 1 is 1.05 bits per heavy atom. The van der Waals surface area contributed by atoms with E-state index in [4.69, 9.17) is 21.1 Å². The Morgan fingerprint density at radius 2 is 1.85 bits per heavy atom. The zero-order chi connectivity index (χ0) is 13.7. The smallest absolute Gasteiger partial charge is 0.336 e. The Labute approximate surface area is 120 Å². The number of carbonyl (C=O) groups is 1. The van der Waals surface area contributed by atoms with Crippen LogP contribution in [0.4, 0.5) is 0 Å². The first kappa shape index (κ1) is 11.8. The highest BCUT2D eigenvalue weighted by Crippen LogP contribution is 2.43. The van der Waals surface area contributed by atoms with Gasteiger partial charge in [-0.15, -0.1) is 0 Å². The molecule has 1 fully saturated rings. The van der Waals surface area contributed by atoms with Gasteiger partial charge in [0.25, 0.3) is 0 Å². The Morgan fingerprint density at radius 3 is 2.75 bits per heavy atom. The van der Waals surface area contributed by atoms with E-state index in [-0.39, 0.29) is 11.9 Å². The second-order valence-corrected chi connectivity index (χ2v) is 5.37. The van der Waals surface area contributed by atoms with E-state index in [0.29, 0.717) is 23.8 Å². The fraction of sp³-hybridized carbons (Fsp3) is 0.188. The molecule has 2 heterocycles. The number of ether oxygens (including phenoxy) is 2. The van der Waals surface area contributed by atoms with Gasteiger partial charge in [0.1, 0.15) is 12.4 Å². The highest BCUT2D eigenvalue weighted by Gasteiger charge is 2.37. The van der Waals surface area contributed by atoms with Gasteiger partial charge in [-0.25, -0.2) is 4.79 Å². The van der Waals surface area contributed by atoms with Crippen LogP contribution in [0.3, 0.4) is 0 Å². The predicted molar refractivity (Wildman–Crippen MR) is 76.7 cm³/mol. The van der Waals surface area contributed by atoms with Crippen molar-refractivity contribution in [2.45, 2.75) is 0 Å². The molecule has 4 heteroatoms. The van der Waals surface area contributed by atoms with Gasteiger partial charge in [-0.1, -0.05) is 41.9 Å². The van der Waals surface area contributed by atoms with Gasteiger partial charge in [0, 0.05) is 5.56 Å². The van der Waals surface area contributed by atoms with E-state index in [9.17, 15) is 4.79 Å². The topological polar surface area (TPSA) is 35.5 Å². The number of carbonyl (C=O) groups excluding carboxylic acids is 1. The van der Waals surface area contributed by atoms with Crippen molar-refractivity contribution in [3.05, 3.63) is 47.5 Å². The third-order valence-electron chi connectivity index (χ3n) is 3.83. The Balaban J connectivity index is 2.08. The van der Waals surface area contributed by atoms with Gasteiger partial charge >= 0.3 is 5.97 Å². The molecule has 100 valence electrons. The molecule has 0 aliphatic carbocycles. The van der Waals surface area contributed by atoms with E-state index in [0.717, 1.165) is 22.1 Å². The SMILES string of the molecule is O=C1OCC2COc3ccc4ccccc4c3C(Cl)=C12. The van der Waals surface area contributed by atoms with E-state index in [2.05, 4.69) is 0 Å². The molecule has 2 aromatic carbocycles. The molecular weight excluding hydrogens is 276 g/mol. The minimum absolute atomic E-state index is 0.0823. The molecule has 0 aromatic heterocycles. The van der Waals surface area contributed by atoms with Crippen molar-refractivity contribution in [3.63, 3.8) is 0 Å². The van der Waals surface area contributed by atoms with E-state index in [1.165, 1.54) is 0 Å². The first-order valence-electron chi connectivity index (χ1n) is 6.47. The van der Waals surface area contributed by atoms with Crippen LogP contribution in [-0.4, -0.2) is 19.2 Å². The van der Waals surface area contributed by atoms with Gasteiger partial charge < -0.3 is 9.47 Å². The van der Waals surface area contributed by atoms with E-state index >= 15 is 0 Å². The molecule has 0 radical (unpaired) electrons. The summed E-state index contributed by atoms with van der Waals surface area (Å²) in [4.78, 5) is 11.9. The summed E-state index contributed by atoms with van der Waals surface area (Å²) in [6, 6.07) is 11.8. The van der Waals surface area contributed by atoms with E-state index in [1.807, 2.05) is 36.4 Å². The van der Waals surface area contributed by atoms with Crippen LogP contribution in [0.2, 0.25) is 0 Å². The van der Waals surface area contributed by atoms with Crippen LogP contribution in [0.15, 0.2) is 42.0 Å². The lowest BCUT2D eigenvalue weighted by molar-refractivity contribution is -0.135. The van der Waals surface area contributed by atoms with Crippen molar-refractivity contribution >= 4 is 33.4 Å². The fourth-order valence-corrected chi connectivity index (χ4v) is 3.25. The van der Waals surface area contributed by atoms with Crippen molar-refractivity contribution in [1.82, 2.24) is 0 Å². The van der Waals surface area contributed by atoms with Gasteiger partial charge in [-0.3, -0.25) is 0 Å². The molecule has 0 spiro atoms. The fourth-order valence-electron chi connectivity index (χ4n) is 2.83. The van der Waals surface area contributed by atoms with Crippen LogP contribution in [0.5, 0.6) is 5.75 Å². The summed E-state index contributed by atoms with van der Waals surface area (Å²) in [6.07, 6.45) is 0. The molecule has 0 N–H and O–H groups in total. The summed E-state index contributed by atoms with van der Waals surface area (Å²) in [5.41, 5.74) is 1.34. The summed E-state index contributed by atoms with van der Waals surface area (Å²) < 4.78 is 10.9. The number of halogens is 1. The molecule has 20 heavy (non-hydrogen) atoms. The molecular formula is C16H11ClO3. The lowest BCUT2D eigenvalue weighted by Crippen LogP contribution is -2.12. The molecule has 2 aliphatic heterocycles. The average Bonchev–Trinajstić information content (AvgIpc) is 2.77. The Bertz CT molecular complexity index is 763. The summed E-state index contributed by atoms with van der Waals surface area (Å²) in [6.45, 7) is 0.763. The number of fused-ring (bicyclic) bond motifs is 4. The number of esters is 1. The second kappa shape index (κ2) is 4.25. The summed E-state index contributed by atoms with van der Waals surface area (Å²) >= 11 is 6.53. The first-order chi connectivity index (χ1) is 9.75. The van der Waals surface area contributed by atoms with Crippen molar-refractivity contribution in [1.29, 1.82) is 0 Å². The van der Waals surface area contributed by atoms with Crippen LogP contribution in [-0.2, 0) is 9.53 Å². The standard InChI is InChI=1S/C16H11ClO3/c17-15-13-10(8-20-16(13)18)7-19-12-6-5-9-3-1-2-4-11(9)14(12)15/h1-6,10H,7-8H2. The van der Waals surface area contributed by atoms with Gasteiger partial charge in [0.15, 0.2) is 0 Å². The molecule has 3 nitrogen and oxygen atoms in total. The molecule has 0 bridgehead atoms. The van der Waals surface area contributed by atoms with Crippen molar-refractivity contribution in [3.8, 4) is 5.75 Å². The third kappa shape index (κ3) is 1.56. The van der Waals surface area contributed by atoms with E-state index < -0.39 is 0 Å². The maximum atomic E-state index is 11.9. The van der Waals surface area contributed by atoms with Crippen LogP contribution in [0.1, 0.15) is 5.56 Å². The molecule has 1 atom stereocenters. The maximum absolute atomic E-state index is 11.9. The van der Waals surface area contributed by atoms with Gasteiger partial charge in [0.05, 0.1) is 23.1 Å². The zero-order valence-corrected chi connectivity index (χ0v) is 11.3. The van der Waals surface area contributed by atoms with Crippen molar-refractivity contribution in [2.24, 2.45) is 5.92 Å². The number of hydrogen-bond acceptors (Lipinski definition) is 3. The summed E-state index contributed by atoms with van der Waals surface area (Å²) in [7, 11) is 0. The monoisotopic (exact) mass is 286 g/mol. The van der Waals surface area contributed by atoms with Crippen LogP contribution >= 0.6 is 11.6 Å². The number of benzene rings is 2. The number of cyclic esters (lactones) is 1. The van der Waals surface area contributed by atoms with Gasteiger partial charge in [-0.05, 0) is 16.8 Å². The molecule has 1 unspecified atom stereocenters. The predicted octanol–water partition coefficient (Wildman–Crippen LogP) is 3.36. The summed E-state index contributed by atoms with van der Waals surface area (Å²) in [5.74, 6) is 0.314. The lowest BCUT2D eigenvalue weighted by atomic mass is 9.98. The molecule has 2 aromatic rings. The van der Waals surface area contributed by atoms with Crippen molar-refractivity contribution < 1.29 is 14.3 Å². The lowest BCUT2D eigenvalue weighted by Gasteiger charge is -2.11. The molecule has 4 rings (SSSR count). The minimum atomic E-state index is -0.329. The Kier molecular flexibility index (Phi) is 2.51. The van der Waals surface area contributed by atoms with Gasteiger partial charge in [-0.2, -0.15) is 0 Å². The van der Waals surface area contributed by atoms with Gasteiger partial charge in [0.2, 0.25) is 0 Å². The van der Waals surface area contributed by atoms with Crippen LogP contribution in [0, 0.1) is 5.92 Å². The maximum Gasteiger partial charge on any atom is 0.336 e. The Hall–Kier alpha value is -2.00. The highest BCUT2D eigenvalue weighted by atomic mass is 35.5. The first-order valence-corrected chi connectivity index (χ1v) is 6.85. The summed E-state index contributed by atoms with van der Waals surface area (Å²) in [5, 5.41) is 2.52. The molecule has 0 saturated carbocycles. The van der Waals surface area contributed by atoms with Crippen molar-refractivity contribution in [2.75, 3.05) is 13.2 Å². The minimum Gasteiger partial charge on any atom is -0.492 e. The quantitative estimate of drug-likeness (QED) is 0.697. The molecule has 1 saturated heterocycles. The third-order valence-corrected chi connectivity index (χ3v) is 4.22. The van der Waals surface area contributed by atoms with Crippen LogP contribution < -0.4 is 4.74 Å². The number of rotatable bonds is 0. The average molecular weight is 287 g/mol. The molecule has 2 aliphatic rings. The number of hydrogen-bond donors (Lipinski definition) is 0. The normalized spacial score (nSPS) is 21.1. The largest absolute Gasteiger partial charge is 0.492 e. The molecule has 0 amide bonds.